The highest BCUT2D eigenvalue weighted by Crippen LogP contribution is 2.22. The number of methoxy groups -OCH3 is 1. The fraction of sp³-hybridized carbons (Fsp3) is 0.321. The van der Waals surface area contributed by atoms with Gasteiger partial charge in [-0.05, 0) is 75.2 Å². The van der Waals surface area contributed by atoms with Crippen molar-refractivity contribution in [3.05, 3.63) is 72.8 Å². The molecule has 36 heavy (non-hydrogen) atoms. The molecule has 0 saturated heterocycles. The summed E-state index contributed by atoms with van der Waals surface area (Å²) in [6.45, 7) is 10.3. The summed E-state index contributed by atoms with van der Waals surface area (Å²) in [4.78, 5) is 35.7. The average molecular weight is 497 g/mol. The molecule has 0 bridgehead atoms. The Kier molecular flexibility index (Phi) is 11.2. The molecule has 0 saturated carbocycles. The minimum Gasteiger partial charge on any atom is -0.497 e. The molecule has 2 aromatic rings. The van der Waals surface area contributed by atoms with Crippen molar-refractivity contribution in [3.63, 3.8) is 0 Å². The maximum Gasteiger partial charge on any atom is 0.338 e. The Morgan fingerprint density at radius 3 is 1.81 bits per heavy atom. The lowest BCUT2D eigenvalue weighted by atomic mass is 10.1. The predicted octanol–water partition coefficient (Wildman–Crippen LogP) is 5.56. The van der Waals surface area contributed by atoms with E-state index >= 15 is 0 Å². The van der Waals surface area contributed by atoms with Gasteiger partial charge in [0.25, 0.3) is 0 Å². The summed E-state index contributed by atoms with van der Waals surface area (Å²) in [7, 11) is 1.57. The number of rotatable bonds is 14. The monoisotopic (exact) mass is 496 g/mol. The molecule has 0 N–H and O–H groups in total. The van der Waals surface area contributed by atoms with Crippen molar-refractivity contribution in [2.45, 2.75) is 52.2 Å². The van der Waals surface area contributed by atoms with Crippen LogP contribution in [0.15, 0.2) is 72.8 Å². The van der Waals surface area contributed by atoms with Crippen LogP contribution < -0.4 is 18.9 Å². The van der Waals surface area contributed by atoms with Gasteiger partial charge in [-0.2, -0.15) is 0 Å². The van der Waals surface area contributed by atoms with Gasteiger partial charge < -0.3 is 23.7 Å². The largest absolute Gasteiger partial charge is 0.497 e. The van der Waals surface area contributed by atoms with Crippen molar-refractivity contribution in [2.75, 3.05) is 7.11 Å². The number of ether oxygens (including phenoxy) is 5. The molecule has 2 aromatic carbocycles. The highest BCUT2D eigenvalue weighted by atomic mass is 16.7. The highest BCUT2D eigenvalue weighted by Gasteiger charge is 2.17. The molecular weight excluding hydrogens is 464 g/mol. The van der Waals surface area contributed by atoms with E-state index in [1.807, 2.05) is 0 Å². The molecule has 192 valence electrons. The third kappa shape index (κ3) is 10.0. The van der Waals surface area contributed by atoms with Gasteiger partial charge in [0, 0.05) is 24.0 Å². The second-order valence-electron chi connectivity index (χ2n) is 8.12. The molecule has 0 aliphatic rings. The van der Waals surface area contributed by atoms with Crippen LogP contribution in [0.2, 0.25) is 0 Å². The van der Waals surface area contributed by atoms with Gasteiger partial charge in [0.2, 0.25) is 6.29 Å². The van der Waals surface area contributed by atoms with Crippen LogP contribution in [0.5, 0.6) is 23.0 Å². The maximum atomic E-state index is 12.1. The van der Waals surface area contributed by atoms with Gasteiger partial charge in [0.1, 0.15) is 23.0 Å². The molecule has 8 heteroatoms. The Labute approximate surface area is 211 Å². The summed E-state index contributed by atoms with van der Waals surface area (Å²) >= 11 is 0. The van der Waals surface area contributed by atoms with Crippen molar-refractivity contribution in [2.24, 2.45) is 0 Å². The lowest BCUT2D eigenvalue weighted by molar-refractivity contribution is -0.159. The molecule has 0 fully saturated rings. The number of benzene rings is 2. The zero-order valence-electron chi connectivity index (χ0n) is 20.9. The molecule has 2 rings (SSSR count). The minimum absolute atomic E-state index is 0.256. The first-order chi connectivity index (χ1) is 17.2. The fourth-order valence-electron chi connectivity index (χ4n) is 2.88. The smallest absolute Gasteiger partial charge is 0.338 e. The van der Waals surface area contributed by atoms with E-state index in [2.05, 4.69) is 13.2 Å². The standard InChI is InChI=1S/C28H32O8/c1-19(2)27(30)35-24-17-15-23(16-18-24)34-26(36-28(31)20(3)4)10-8-6-7-9-25(29)33-22-13-11-21(32-5)12-14-22/h11-18,26H,1,3,6-10H2,2,4-5H3. The number of unbranched alkanes of at least 4 members (excludes halogenated alkanes) is 2. The number of hydrogen-bond acceptors (Lipinski definition) is 8. The van der Waals surface area contributed by atoms with Crippen molar-refractivity contribution in [1.82, 2.24) is 0 Å². The van der Waals surface area contributed by atoms with Gasteiger partial charge in [-0.15, -0.1) is 0 Å². The van der Waals surface area contributed by atoms with E-state index in [1.54, 1.807) is 69.5 Å². The first kappa shape index (κ1) is 28.2. The lowest BCUT2D eigenvalue weighted by Crippen LogP contribution is -2.24. The lowest BCUT2D eigenvalue weighted by Gasteiger charge is -2.19. The van der Waals surface area contributed by atoms with Crippen molar-refractivity contribution < 1.29 is 38.1 Å². The average Bonchev–Trinajstić information content (AvgIpc) is 2.85. The molecule has 0 aromatic heterocycles. The van der Waals surface area contributed by atoms with E-state index in [-0.39, 0.29) is 23.5 Å². The second kappa shape index (κ2) is 14.4. The van der Waals surface area contributed by atoms with E-state index < -0.39 is 18.2 Å². The quantitative estimate of drug-likeness (QED) is 0.110. The number of hydrogen-bond donors (Lipinski definition) is 0. The van der Waals surface area contributed by atoms with E-state index in [1.165, 1.54) is 0 Å². The molecular formula is C28H32O8. The van der Waals surface area contributed by atoms with Gasteiger partial charge in [0.05, 0.1) is 7.11 Å². The van der Waals surface area contributed by atoms with Crippen LogP contribution in [0, 0.1) is 0 Å². The predicted molar refractivity (Wildman–Crippen MR) is 134 cm³/mol. The summed E-state index contributed by atoms with van der Waals surface area (Å²) in [6, 6.07) is 13.1. The summed E-state index contributed by atoms with van der Waals surface area (Å²) < 4.78 is 26.8. The molecule has 1 atom stereocenters. The van der Waals surface area contributed by atoms with Crippen LogP contribution in [0.3, 0.4) is 0 Å². The van der Waals surface area contributed by atoms with E-state index in [4.69, 9.17) is 23.7 Å². The van der Waals surface area contributed by atoms with Crippen LogP contribution in [0.1, 0.15) is 46.0 Å². The topological polar surface area (TPSA) is 97.4 Å². The SMILES string of the molecule is C=C(C)C(=O)Oc1ccc(OC(CCCCCC(=O)Oc2ccc(OC)cc2)OC(=O)C(=C)C)cc1. The first-order valence-electron chi connectivity index (χ1n) is 11.5. The Morgan fingerprint density at radius 2 is 1.25 bits per heavy atom. The van der Waals surface area contributed by atoms with E-state index in [9.17, 15) is 14.4 Å². The van der Waals surface area contributed by atoms with Crippen LogP contribution in [-0.2, 0) is 19.1 Å². The number of carbonyl (C=O) groups is 3. The van der Waals surface area contributed by atoms with Gasteiger partial charge in [-0.3, -0.25) is 4.79 Å². The maximum absolute atomic E-state index is 12.1. The molecule has 0 aliphatic heterocycles. The van der Waals surface area contributed by atoms with Gasteiger partial charge in [0.15, 0.2) is 0 Å². The van der Waals surface area contributed by atoms with Crippen molar-refractivity contribution in [1.29, 1.82) is 0 Å². The summed E-state index contributed by atoms with van der Waals surface area (Å²) in [5.41, 5.74) is 0.544. The normalized spacial score (nSPS) is 11.1. The second-order valence-corrected chi connectivity index (χ2v) is 8.12. The van der Waals surface area contributed by atoms with Gasteiger partial charge in [-0.1, -0.05) is 19.6 Å². The van der Waals surface area contributed by atoms with Crippen molar-refractivity contribution in [3.8, 4) is 23.0 Å². The number of esters is 3. The first-order valence-corrected chi connectivity index (χ1v) is 11.5. The molecule has 0 radical (unpaired) electrons. The highest BCUT2D eigenvalue weighted by molar-refractivity contribution is 5.88. The Bertz CT molecular complexity index is 1050. The third-order valence-electron chi connectivity index (χ3n) is 4.85. The summed E-state index contributed by atoms with van der Waals surface area (Å²) in [5.74, 6) is 0.511. The molecule has 0 spiro atoms. The zero-order valence-corrected chi connectivity index (χ0v) is 20.9. The van der Waals surface area contributed by atoms with Crippen LogP contribution in [0.25, 0.3) is 0 Å². The summed E-state index contributed by atoms with van der Waals surface area (Å²) in [6.07, 6.45) is 1.80. The van der Waals surface area contributed by atoms with Crippen LogP contribution in [-0.4, -0.2) is 31.3 Å². The fourth-order valence-corrected chi connectivity index (χ4v) is 2.88. The molecule has 0 amide bonds. The molecule has 8 nitrogen and oxygen atoms in total. The third-order valence-corrected chi connectivity index (χ3v) is 4.85. The Morgan fingerprint density at radius 1 is 0.722 bits per heavy atom. The van der Waals surface area contributed by atoms with E-state index in [0.717, 1.165) is 0 Å². The molecule has 0 heterocycles. The van der Waals surface area contributed by atoms with Gasteiger partial charge in [-0.25, -0.2) is 9.59 Å². The number of carbonyl (C=O) groups excluding carboxylic acids is 3. The molecule has 1 unspecified atom stereocenters. The van der Waals surface area contributed by atoms with Crippen molar-refractivity contribution >= 4 is 17.9 Å². The minimum atomic E-state index is -0.843. The van der Waals surface area contributed by atoms with Gasteiger partial charge >= 0.3 is 17.9 Å². The molecule has 0 aliphatic carbocycles. The Hall–Kier alpha value is -4.07. The van der Waals surface area contributed by atoms with E-state index in [0.29, 0.717) is 48.7 Å². The van der Waals surface area contributed by atoms with Crippen LogP contribution in [0.4, 0.5) is 0 Å². The van der Waals surface area contributed by atoms with Crippen LogP contribution >= 0.6 is 0 Å². The zero-order chi connectivity index (χ0) is 26.5. The summed E-state index contributed by atoms with van der Waals surface area (Å²) in [5, 5.41) is 0. The Balaban J connectivity index is 1.82.